The van der Waals surface area contributed by atoms with E-state index in [-0.39, 0.29) is 17.9 Å². The van der Waals surface area contributed by atoms with Gasteiger partial charge in [-0.2, -0.15) is 0 Å². The van der Waals surface area contributed by atoms with Crippen LogP contribution in [0.3, 0.4) is 0 Å². The van der Waals surface area contributed by atoms with E-state index >= 15 is 0 Å². The van der Waals surface area contributed by atoms with E-state index in [1.165, 1.54) is 22.5 Å². The van der Waals surface area contributed by atoms with E-state index < -0.39 is 0 Å². The first-order valence-electron chi connectivity index (χ1n) is 10.1. The van der Waals surface area contributed by atoms with Crippen LogP contribution in [0.25, 0.3) is 0 Å². The maximum atomic E-state index is 12.5. The first-order valence-corrected chi connectivity index (χ1v) is 11.0. The van der Waals surface area contributed by atoms with Gasteiger partial charge in [0.15, 0.2) is 0 Å². The third kappa shape index (κ3) is 4.45. The number of hydrogen-bond donors (Lipinski definition) is 1. The molecule has 2 heterocycles. The fourth-order valence-corrected chi connectivity index (χ4v) is 4.85. The van der Waals surface area contributed by atoms with Crippen LogP contribution in [-0.4, -0.2) is 54.3 Å². The molecule has 4 rings (SSSR count). The Bertz CT molecular complexity index is 813. The molecular weight excluding hydrogens is 370 g/mol. The maximum absolute atomic E-state index is 12.5. The van der Waals surface area contributed by atoms with Crippen molar-refractivity contribution < 1.29 is 9.59 Å². The molecule has 0 saturated carbocycles. The smallest absolute Gasteiger partial charge is 0.264 e. The van der Waals surface area contributed by atoms with E-state index in [2.05, 4.69) is 34.5 Å². The average molecular weight is 398 g/mol. The van der Waals surface area contributed by atoms with E-state index in [4.69, 9.17) is 0 Å². The minimum absolute atomic E-state index is 0.124. The minimum Gasteiger partial charge on any atom is -0.349 e. The number of piperazine rings is 1. The first-order chi connectivity index (χ1) is 13.7. The molecule has 0 bridgehead atoms. The van der Waals surface area contributed by atoms with Gasteiger partial charge in [-0.15, -0.1) is 11.3 Å². The molecule has 0 radical (unpaired) electrons. The Balaban J connectivity index is 1.22. The van der Waals surface area contributed by atoms with Gasteiger partial charge in [0.2, 0.25) is 5.91 Å². The number of fused-ring (bicyclic) bond motifs is 1. The summed E-state index contributed by atoms with van der Waals surface area (Å²) in [6.45, 7) is 3.87. The van der Waals surface area contributed by atoms with Crippen LogP contribution < -0.4 is 5.32 Å². The molecule has 1 fully saturated rings. The van der Waals surface area contributed by atoms with Crippen LogP contribution in [0.1, 0.15) is 46.1 Å². The highest BCUT2D eigenvalue weighted by atomic mass is 32.1. The van der Waals surface area contributed by atoms with Gasteiger partial charge in [0, 0.05) is 39.1 Å². The van der Waals surface area contributed by atoms with Gasteiger partial charge in [0.05, 0.1) is 10.9 Å². The highest BCUT2D eigenvalue weighted by molar-refractivity contribution is 7.12. The molecular formula is C22H27N3O2S. The van der Waals surface area contributed by atoms with E-state index in [0.29, 0.717) is 6.42 Å². The van der Waals surface area contributed by atoms with Crippen molar-refractivity contribution in [2.45, 2.75) is 31.7 Å². The molecule has 2 aliphatic rings. The van der Waals surface area contributed by atoms with Crippen molar-refractivity contribution >= 4 is 23.2 Å². The molecule has 148 valence electrons. The molecule has 1 aromatic heterocycles. The zero-order valence-corrected chi connectivity index (χ0v) is 16.9. The van der Waals surface area contributed by atoms with E-state index in [1.807, 2.05) is 22.4 Å². The molecule has 1 atom stereocenters. The Morgan fingerprint density at radius 3 is 2.68 bits per heavy atom. The van der Waals surface area contributed by atoms with Crippen molar-refractivity contribution in [2.75, 3.05) is 32.7 Å². The number of benzene rings is 1. The van der Waals surface area contributed by atoms with Crippen LogP contribution >= 0.6 is 11.3 Å². The standard InChI is InChI=1S/C22H27N3O2S/c26-21(23-19-8-3-6-17-5-1-2-7-18(17)19)10-11-24-12-14-25(15-13-24)22(27)20-9-4-16-28-20/h1-2,4-5,7,9,16,19H,3,6,8,10-15H2,(H,23,26). The molecule has 2 aromatic rings. The number of hydrogen-bond acceptors (Lipinski definition) is 4. The molecule has 1 aromatic carbocycles. The summed E-state index contributed by atoms with van der Waals surface area (Å²) in [6.07, 6.45) is 3.77. The Morgan fingerprint density at radius 1 is 1.07 bits per heavy atom. The molecule has 1 unspecified atom stereocenters. The predicted octanol–water partition coefficient (Wildman–Crippen LogP) is 3.09. The van der Waals surface area contributed by atoms with E-state index in [9.17, 15) is 9.59 Å². The van der Waals surface area contributed by atoms with Crippen molar-refractivity contribution in [2.24, 2.45) is 0 Å². The zero-order chi connectivity index (χ0) is 19.3. The maximum Gasteiger partial charge on any atom is 0.264 e. The Kier molecular flexibility index (Phi) is 6.07. The normalized spacial score (nSPS) is 19.9. The number of carbonyl (C=O) groups excluding carboxylic acids is 2. The monoisotopic (exact) mass is 397 g/mol. The number of carbonyl (C=O) groups is 2. The fraction of sp³-hybridized carbons (Fsp3) is 0.455. The lowest BCUT2D eigenvalue weighted by molar-refractivity contribution is -0.122. The van der Waals surface area contributed by atoms with Crippen LogP contribution in [0.4, 0.5) is 0 Å². The van der Waals surface area contributed by atoms with Crippen LogP contribution in [0.5, 0.6) is 0 Å². The average Bonchev–Trinajstić information content (AvgIpc) is 3.27. The van der Waals surface area contributed by atoms with Crippen molar-refractivity contribution in [1.82, 2.24) is 15.1 Å². The molecule has 6 heteroatoms. The second-order valence-corrected chi connectivity index (χ2v) is 8.52. The molecule has 28 heavy (non-hydrogen) atoms. The summed E-state index contributed by atoms with van der Waals surface area (Å²) in [6, 6.07) is 12.4. The first kappa shape index (κ1) is 19.2. The third-order valence-electron chi connectivity index (χ3n) is 5.75. The summed E-state index contributed by atoms with van der Waals surface area (Å²) in [7, 11) is 0. The van der Waals surface area contributed by atoms with Gasteiger partial charge in [-0.1, -0.05) is 30.3 Å². The van der Waals surface area contributed by atoms with Crippen molar-refractivity contribution in [3.05, 3.63) is 57.8 Å². The zero-order valence-electron chi connectivity index (χ0n) is 16.1. The Hall–Kier alpha value is -2.18. The lowest BCUT2D eigenvalue weighted by atomic mass is 9.87. The summed E-state index contributed by atoms with van der Waals surface area (Å²) in [4.78, 5) is 29.9. The van der Waals surface area contributed by atoms with Gasteiger partial charge >= 0.3 is 0 Å². The molecule has 1 N–H and O–H groups in total. The number of nitrogens with one attached hydrogen (secondary N) is 1. The minimum atomic E-state index is 0.124. The largest absolute Gasteiger partial charge is 0.349 e. The predicted molar refractivity (Wildman–Crippen MR) is 112 cm³/mol. The van der Waals surface area contributed by atoms with Gasteiger partial charge in [0.1, 0.15) is 0 Å². The lowest BCUT2D eigenvalue weighted by Gasteiger charge is -2.34. The van der Waals surface area contributed by atoms with Gasteiger partial charge in [-0.25, -0.2) is 0 Å². The molecule has 5 nitrogen and oxygen atoms in total. The molecule has 2 amide bonds. The number of rotatable bonds is 5. The number of nitrogens with zero attached hydrogens (tertiary/aromatic N) is 2. The van der Waals surface area contributed by atoms with Gasteiger partial charge in [0.25, 0.3) is 5.91 Å². The molecule has 0 spiro atoms. The van der Waals surface area contributed by atoms with Crippen molar-refractivity contribution in [1.29, 1.82) is 0 Å². The topological polar surface area (TPSA) is 52.7 Å². The summed E-state index contributed by atoms with van der Waals surface area (Å²) in [5.41, 5.74) is 2.65. The SMILES string of the molecule is O=C(CCN1CCN(C(=O)c2cccs2)CC1)NC1CCCc2ccccc21. The second kappa shape index (κ2) is 8.88. The summed E-state index contributed by atoms with van der Waals surface area (Å²) in [5.74, 6) is 0.252. The van der Waals surface area contributed by atoms with Crippen LogP contribution in [0.15, 0.2) is 41.8 Å². The van der Waals surface area contributed by atoms with Crippen molar-refractivity contribution in [3.8, 4) is 0 Å². The highest BCUT2D eigenvalue weighted by Gasteiger charge is 2.24. The molecule has 1 saturated heterocycles. The van der Waals surface area contributed by atoms with Gasteiger partial charge in [-0.05, 0) is 41.8 Å². The van der Waals surface area contributed by atoms with Crippen LogP contribution in [0.2, 0.25) is 0 Å². The number of thiophene rings is 1. The lowest BCUT2D eigenvalue weighted by Crippen LogP contribution is -2.49. The summed E-state index contributed by atoms with van der Waals surface area (Å²) >= 11 is 1.49. The number of aryl methyl sites for hydroxylation is 1. The third-order valence-corrected chi connectivity index (χ3v) is 6.61. The van der Waals surface area contributed by atoms with E-state index in [1.54, 1.807) is 0 Å². The number of amides is 2. The Labute approximate surface area is 170 Å². The molecule has 1 aliphatic carbocycles. The summed E-state index contributed by atoms with van der Waals surface area (Å²) in [5, 5.41) is 5.17. The van der Waals surface area contributed by atoms with E-state index in [0.717, 1.165) is 56.9 Å². The van der Waals surface area contributed by atoms with Gasteiger partial charge in [-0.3, -0.25) is 14.5 Å². The highest BCUT2D eigenvalue weighted by Crippen LogP contribution is 2.29. The van der Waals surface area contributed by atoms with Gasteiger partial charge < -0.3 is 10.2 Å². The van der Waals surface area contributed by atoms with Crippen LogP contribution in [-0.2, 0) is 11.2 Å². The van der Waals surface area contributed by atoms with Crippen LogP contribution in [0, 0.1) is 0 Å². The van der Waals surface area contributed by atoms with Crippen molar-refractivity contribution in [3.63, 3.8) is 0 Å². The summed E-state index contributed by atoms with van der Waals surface area (Å²) < 4.78 is 0. The molecule has 1 aliphatic heterocycles. The fourth-order valence-electron chi connectivity index (χ4n) is 4.16. The second-order valence-electron chi connectivity index (χ2n) is 7.57. The quantitative estimate of drug-likeness (QED) is 0.844. The Morgan fingerprint density at radius 2 is 1.89 bits per heavy atom.